The van der Waals surface area contributed by atoms with Crippen LogP contribution in [0.4, 0.5) is 0 Å². The van der Waals surface area contributed by atoms with Crippen molar-refractivity contribution in [2.75, 3.05) is 0 Å². The highest BCUT2D eigenvalue weighted by molar-refractivity contribution is 5.69. The molecule has 0 saturated carbocycles. The summed E-state index contributed by atoms with van der Waals surface area (Å²) in [6.45, 7) is 0.365. The van der Waals surface area contributed by atoms with Crippen LogP contribution in [0.15, 0.2) is 30.3 Å². The molecule has 0 saturated heterocycles. The SMILES string of the molecule is C#CCCCCCC(=O)OCc1ccccc1. The number of unbranched alkanes of at least 4 members (excludes halogenated alkanes) is 3. The lowest BCUT2D eigenvalue weighted by Crippen LogP contribution is -2.04. The topological polar surface area (TPSA) is 26.3 Å². The molecule has 1 aromatic carbocycles. The van der Waals surface area contributed by atoms with Gasteiger partial charge in [0.25, 0.3) is 0 Å². The van der Waals surface area contributed by atoms with Gasteiger partial charge in [0.1, 0.15) is 6.61 Å². The Morgan fingerprint density at radius 2 is 1.94 bits per heavy atom. The number of terminal acetylenes is 1. The van der Waals surface area contributed by atoms with Gasteiger partial charge in [-0.05, 0) is 18.4 Å². The molecule has 0 aromatic heterocycles. The smallest absolute Gasteiger partial charge is 0.306 e. The summed E-state index contributed by atoms with van der Waals surface area (Å²) >= 11 is 0. The number of hydrogen-bond donors (Lipinski definition) is 0. The zero-order chi connectivity index (χ0) is 12.3. The monoisotopic (exact) mass is 230 g/mol. The van der Waals surface area contributed by atoms with Crippen molar-refractivity contribution in [3.05, 3.63) is 35.9 Å². The van der Waals surface area contributed by atoms with E-state index in [1.807, 2.05) is 30.3 Å². The van der Waals surface area contributed by atoms with Crippen LogP contribution in [0.2, 0.25) is 0 Å². The first-order valence-corrected chi connectivity index (χ1v) is 5.96. The summed E-state index contributed by atoms with van der Waals surface area (Å²) in [7, 11) is 0. The minimum atomic E-state index is -0.130. The molecule has 0 atom stereocenters. The Hall–Kier alpha value is -1.75. The van der Waals surface area contributed by atoms with Gasteiger partial charge >= 0.3 is 5.97 Å². The molecule has 0 aliphatic heterocycles. The minimum absolute atomic E-state index is 0.130. The number of hydrogen-bond acceptors (Lipinski definition) is 2. The van der Waals surface area contributed by atoms with Crippen molar-refractivity contribution in [1.82, 2.24) is 0 Å². The fourth-order valence-electron chi connectivity index (χ4n) is 1.48. The maximum Gasteiger partial charge on any atom is 0.306 e. The summed E-state index contributed by atoms with van der Waals surface area (Å²) in [5, 5.41) is 0. The Bertz CT molecular complexity index is 362. The molecule has 90 valence electrons. The maximum absolute atomic E-state index is 11.4. The van der Waals surface area contributed by atoms with Gasteiger partial charge in [-0.25, -0.2) is 0 Å². The third-order valence-corrected chi connectivity index (χ3v) is 2.44. The van der Waals surface area contributed by atoms with E-state index in [1.54, 1.807) is 0 Å². The molecule has 1 aromatic rings. The van der Waals surface area contributed by atoms with Crippen molar-refractivity contribution >= 4 is 5.97 Å². The Balaban J connectivity index is 2.08. The van der Waals surface area contributed by atoms with E-state index in [2.05, 4.69) is 5.92 Å². The van der Waals surface area contributed by atoms with Crippen LogP contribution < -0.4 is 0 Å². The van der Waals surface area contributed by atoms with Gasteiger partial charge in [-0.1, -0.05) is 36.8 Å². The predicted octanol–water partition coefficient (Wildman–Crippen LogP) is 3.31. The number of benzene rings is 1. The van der Waals surface area contributed by atoms with Gasteiger partial charge in [0.2, 0.25) is 0 Å². The van der Waals surface area contributed by atoms with E-state index in [0.717, 1.165) is 31.2 Å². The molecule has 0 fully saturated rings. The molecular weight excluding hydrogens is 212 g/mol. The Kier molecular flexibility index (Phi) is 6.59. The second-order valence-electron chi connectivity index (χ2n) is 3.91. The highest BCUT2D eigenvalue weighted by atomic mass is 16.5. The number of carbonyl (C=O) groups is 1. The van der Waals surface area contributed by atoms with Crippen LogP contribution in [0.5, 0.6) is 0 Å². The average molecular weight is 230 g/mol. The highest BCUT2D eigenvalue weighted by Gasteiger charge is 2.02. The number of ether oxygens (including phenoxy) is 1. The van der Waals surface area contributed by atoms with E-state index in [0.29, 0.717) is 13.0 Å². The summed E-state index contributed by atoms with van der Waals surface area (Å²) in [6.07, 6.45) is 9.25. The molecular formula is C15H18O2. The molecule has 0 N–H and O–H groups in total. The highest BCUT2D eigenvalue weighted by Crippen LogP contribution is 2.06. The molecule has 2 nitrogen and oxygen atoms in total. The first-order chi connectivity index (χ1) is 8.33. The van der Waals surface area contributed by atoms with Gasteiger partial charge < -0.3 is 4.74 Å². The number of carbonyl (C=O) groups excluding carboxylic acids is 1. The fraction of sp³-hybridized carbons (Fsp3) is 0.400. The summed E-state index contributed by atoms with van der Waals surface area (Å²) in [5.74, 6) is 2.46. The molecule has 0 heterocycles. The molecule has 0 aliphatic carbocycles. The standard InChI is InChI=1S/C15H18O2/c1-2-3-4-5-9-12-15(16)17-13-14-10-7-6-8-11-14/h1,6-8,10-11H,3-5,9,12-13H2. The number of esters is 1. The maximum atomic E-state index is 11.4. The van der Waals surface area contributed by atoms with E-state index >= 15 is 0 Å². The summed E-state index contributed by atoms with van der Waals surface area (Å²) in [5.41, 5.74) is 1.02. The van der Waals surface area contributed by atoms with Crippen molar-refractivity contribution in [2.24, 2.45) is 0 Å². The van der Waals surface area contributed by atoms with E-state index in [1.165, 1.54) is 0 Å². The van der Waals surface area contributed by atoms with Gasteiger partial charge in [-0.2, -0.15) is 0 Å². The zero-order valence-corrected chi connectivity index (χ0v) is 10.0. The second-order valence-corrected chi connectivity index (χ2v) is 3.91. The third-order valence-electron chi connectivity index (χ3n) is 2.44. The summed E-state index contributed by atoms with van der Waals surface area (Å²) in [6, 6.07) is 9.70. The van der Waals surface area contributed by atoms with Gasteiger partial charge in [-0.15, -0.1) is 12.3 Å². The Morgan fingerprint density at radius 3 is 2.65 bits per heavy atom. The van der Waals surface area contributed by atoms with Crippen LogP contribution in [0, 0.1) is 12.3 Å². The van der Waals surface area contributed by atoms with Crippen molar-refractivity contribution in [2.45, 2.75) is 38.7 Å². The van der Waals surface area contributed by atoms with Gasteiger partial charge in [0.15, 0.2) is 0 Å². The van der Waals surface area contributed by atoms with Crippen LogP contribution in [-0.4, -0.2) is 5.97 Å². The molecule has 0 aliphatic rings. The Morgan fingerprint density at radius 1 is 1.18 bits per heavy atom. The minimum Gasteiger partial charge on any atom is -0.461 e. The summed E-state index contributed by atoms with van der Waals surface area (Å²) < 4.78 is 5.16. The third kappa shape index (κ3) is 6.42. The fourth-order valence-corrected chi connectivity index (χ4v) is 1.48. The van der Waals surface area contributed by atoms with Crippen LogP contribution in [0.1, 0.15) is 37.7 Å². The van der Waals surface area contributed by atoms with Crippen LogP contribution in [0.25, 0.3) is 0 Å². The van der Waals surface area contributed by atoms with Gasteiger partial charge in [0.05, 0.1) is 0 Å². The van der Waals surface area contributed by atoms with E-state index in [4.69, 9.17) is 11.2 Å². The lowest BCUT2D eigenvalue weighted by molar-refractivity contribution is -0.145. The first kappa shape index (κ1) is 13.3. The summed E-state index contributed by atoms with van der Waals surface area (Å²) in [4.78, 5) is 11.4. The largest absolute Gasteiger partial charge is 0.461 e. The molecule has 1 rings (SSSR count). The molecule has 0 unspecified atom stereocenters. The molecule has 0 amide bonds. The van der Waals surface area contributed by atoms with E-state index in [9.17, 15) is 4.79 Å². The first-order valence-electron chi connectivity index (χ1n) is 5.96. The van der Waals surface area contributed by atoms with Gasteiger partial charge in [0, 0.05) is 12.8 Å². The molecule has 2 heteroatoms. The lowest BCUT2D eigenvalue weighted by atomic mass is 10.1. The normalized spacial score (nSPS) is 9.59. The van der Waals surface area contributed by atoms with Gasteiger partial charge in [-0.3, -0.25) is 4.79 Å². The van der Waals surface area contributed by atoms with Crippen molar-refractivity contribution in [1.29, 1.82) is 0 Å². The van der Waals surface area contributed by atoms with Crippen LogP contribution in [0.3, 0.4) is 0 Å². The zero-order valence-electron chi connectivity index (χ0n) is 10.0. The predicted molar refractivity (Wildman–Crippen MR) is 68.2 cm³/mol. The molecule has 17 heavy (non-hydrogen) atoms. The Labute approximate surface area is 103 Å². The van der Waals surface area contributed by atoms with Crippen molar-refractivity contribution in [3.63, 3.8) is 0 Å². The van der Waals surface area contributed by atoms with Crippen molar-refractivity contribution < 1.29 is 9.53 Å². The van der Waals surface area contributed by atoms with Crippen molar-refractivity contribution in [3.8, 4) is 12.3 Å². The lowest BCUT2D eigenvalue weighted by Gasteiger charge is -2.04. The van der Waals surface area contributed by atoms with Crippen LogP contribution >= 0.6 is 0 Å². The number of rotatable bonds is 7. The average Bonchev–Trinajstić information content (AvgIpc) is 2.37. The quantitative estimate of drug-likeness (QED) is 0.408. The van der Waals surface area contributed by atoms with E-state index in [-0.39, 0.29) is 5.97 Å². The second kappa shape index (κ2) is 8.41. The molecule has 0 bridgehead atoms. The molecule has 0 radical (unpaired) electrons. The van der Waals surface area contributed by atoms with E-state index < -0.39 is 0 Å². The molecule has 0 spiro atoms. The van der Waals surface area contributed by atoms with Crippen LogP contribution in [-0.2, 0) is 16.1 Å².